The molecule has 2 nitrogen and oxygen atoms in total. The minimum absolute atomic E-state index is 0.0727. The van der Waals surface area contributed by atoms with Crippen molar-refractivity contribution in [2.45, 2.75) is 43.7 Å². The van der Waals surface area contributed by atoms with Gasteiger partial charge in [0.15, 0.2) is 0 Å². The molecular weight excluding hydrogens is 244 g/mol. The molecule has 1 atom stereocenters. The van der Waals surface area contributed by atoms with Gasteiger partial charge >= 0.3 is 0 Å². The van der Waals surface area contributed by atoms with E-state index in [4.69, 9.17) is 0 Å². The number of rotatable bonds is 3. The van der Waals surface area contributed by atoms with Gasteiger partial charge in [-0.3, -0.25) is 4.90 Å². The molecule has 20 heavy (non-hydrogen) atoms. The topological polar surface area (TPSA) is 15.3 Å². The third-order valence-corrected chi connectivity index (χ3v) is 5.30. The lowest BCUT2D eigenvalue weighted by Gasteiger charge is -2.52. The average molecular weight is 270 g/mol. The molecular formula is C18H26N2. The maximum atomic E-state index is 3.97. The van der Waals surface area contributed by atoms with E-state index < -0.39 is 0 Å². The van der Waals surface area contributed by atoms with Crippen molar-refractivity contribution in [2.75, 3.05) is 19.6 Å². The zero-order valence-corrected chi connectivity index (χ0v) is 12.6. The zero-order valence-electron chi connectivity index (χ0n) is 12.6. The lowest BCUT2D eigenvalue weighted by atomic mass is 9.82. The Hall–Kier alpha value is -1.12. The van der Waals surface area contributed by atoms with Crippen LogP contribution in [-0.2, 0) is 5.54 Å². The Balaban J connectivity index is 1.89. The van der Waals surface area contributed by atoms with E-state index in [0.29, 0.717) is 5.54 Å². The van der Waals surface area contributed by atoms with Crippen molar-refractivity contribution in [3.05, 3.63) is 48.6 Å². The molecule has 0 radical (unpaired) electrons. The summed E-state index contributed by atoms with van der Waals surface area (Å²) in [6.45, 7) is 9.47. The summed E-state index contributed by atoms with van der Waals surface area (Å²) in [4.78, 5) is 2.62. The molecule has 2 fully saturated rings. The van der Waals surface area contributed by atoms with Gasteiger partial charge < -0.3 is 5.32 Å². The maximum absolute atomic E-state index is 3.97. The predicted molar refractivity (Wildman–Crippen MR) is 84.8 cm³/mol. The summed E-state index contributed by atoms with van der Waals surface area (Å²) in [6.07, 6.45) is 7.44. The molecule has 0 bridgehead atoms. The van der Waals surface area contributed by atoms with Crippen molar-refractivity contribution >= 4 is 0 Å². The molecule has 1 N–H and O–H groups in total. The average Bonchev–Trinajstić information content (AvgIpc) is 2.93. The van der Waals surface area contributed by atoms with E-state index in [1.165, 1.54) is 31.2 Å². The Morgan fingerprint density at radius 2 is 1.95 bits per heavy atom. The fraction of sp³-hybridized carbons (Fsp3) is 0.556. The molecule has 1 heterocycles. The van der Waals surface area contributed by atoms with Crippen molar-refractivity contribution in [1.29, 1.82) is 0 Å². The number of nitrogens with one attached hydrogen (secondary N) is 1. The highest BCUT2D eigenvalue weighted by molar-refractivity contribution is 5.26. The lowest BCUT2D eigenvalue weighted by molar-refractivity contribution is 0.0238. The summed E-state index contributed by atoms with van der Waals surface area (Å²) >= 11 is 0. The van der Waals surface area contributed by atoms with Gasteiger partial charge in [0.2, 0.25) is 0 Å². The van der Waals surface area contributed by atoms with Gasteiger partial charge in [0, 0.05) is 25.2 Å². The first kappa shape index (κ1) is 13.8. The van der Waals surface area contributed by atoms with E-state index in [1.54, 1.807) is 0 Å². The van der Waals surface area contributed by atoms with Crippen LogP contribution in [0.3, 0.4) is 0 Å². The van der Waals surface area contributed by atoms with Crippen molar-refractivity contribution in [1.82, 2.24) is 10.2 Å². The summed E-state index contributed by atoms with van der Waals surface area (Å²) in [5.74, 6) is 0. The molecule has 1 aromatic rings. The Bertz CT molecular complexity index is 462. The first-order valence-electron chi connectivity index (χ1n) is 7.85. The maximum Gasteiger partial charge on any atom is 0.0561 e. The second-order valence-corrected chi connectivity index (χ2v) is 6.65. The van der Waals surface area contributed by atoms with Crippen molar-refractivity contribution in [2.24, 2.45) is 0 Å². The van der Waals surface area contributed by atoms with Gasteiger partial charge in [0.1, 0.15) is 0 Å². The van der Waals surface area contributed by atoms with Gasteiger partial charge in [-0.2, -0.15) is 0 Å². The van der Waals surface area contributed by atoms with Crippen LogP contribution in [0.2, 0.25) is 0 Å². The van der Waals surface area contributed by atoms with Crippen LogP contribution in [0.4, 0.5) is 0 Å². The SMILES string of the molecule is C=CCN1CC2(CCCC2)NCC1(C)c1ccccc1. The Morgan fingerprint density at radius 1 is 1.25 bits per heavy atom. The summed E-state index contributed by atoms with van der Waals surface area (Å²) in [5.41, 5.74) is 1.84. The highest BCUT2D eigenvalue weighted by Gasteiger charge is 2.46. The molecule has 3 rings (SSSR count). The monoisotopic (exact) mass is 270 g/mol. The fourth-order valence-corrected chi connectivity index (χ4v) is 3.96. The van der Waals surface area contributed by atoms with Gasteiger partial charge in [-0.05, 0) is 25.3 Å². The Kier molecular flexibility index (Phi) is 3.70. The molecule has 108 valence electrons. The molecule has 1 aliphatic carbocycles. The van der Waals surface area contributed by atoms with Crippen LogP contribution in [-0.4, -0.2) is 30.1 Å². The van der Waals surface area contributed by atoms with Gasteiger partial charge in [-0.25, -0.2) is 0 Å². The van der Waals surface area contributed by atoms with Crippen LogP contribution < -0.4 is 5.32 Å². The summed E-state index contributed by atoms with van der Waals surface area (Å²) in [5, 5.41) is 3.90. The summed E-state index contributed by atoms with van der Waals surface area (Å²) in [7, 11) is 0. The number of hydrogen-bond acceptors (Lipinski definition) is 2. The van der Waals surface area contributed by atoms with Gasteiger partial charge in [0.05, 0.1) is 5.54 Å². The molecule has 1 saturated heterocycles. The lowest BCUT2D eigenvalue weighted by Crippen LogP contribution is -2.66. The molecule has 0 aromatic heterocycles. The minimum Gasteiger partial charge on any atom is -0.308 e. The zero-order chi connectivity index (χ0) is 14.1. The standard InChI is InChI=1S/C18H26N2/c1-3-13-20-15-18(11-7-8-12-18)19-14-17(20,2)16-9-5-4-6-10-16/h3-6,9-10,19H,1,7-8,11-15H2,2H3. The molecule has 2 heteroatoms. The summed E-state index contributed by atoms with van der Waals surface area (Å²) < 4.78 is 0. The molecule has 1 aromatic carbocycles. The van der Waals surface area contributed by atoms with Crippen LogP contribution >= 0.6 is 0 Å². The smallest absolute Gasteiger partial charge is 0.0561 e. The largest absolute Gasteiger partial charge is 0.308 e. The first-order chi connectivity index (χ1) is 9.69. The van der Waals surface area contributed by atoms with Gasteiger partial charge in [-0.1, -0.05) is 49.2 Å². The van der Waals surface area contributed by atoms with Crippen LogP contribution in [0, 0.1) is 0 Å². The molecule has 0 amide bonds. The van der Waals surface area contributed by atoms with E-state index in [9.17, 15) is 0 Å². The Labute approximate surface area is 122 Å². The van der Waals surface area contributed by atoms with Crippen LogP contribution in [0.5, 0.6) is 0 Å². The predicted octanol–water partition coefficient (Wildman–Crippen LogP) is 3.31. The Morgan fingerprint density at radius 3 is 2.60 bits per heavy atom. The minimum atomic E-state index is 0.0727. The fourth-order valence-electron chi connectivity index (χ4n) is 3.96. The van der Waals surface area contributed by atoms with Crippen molar-refractivity contribution in [3.63, 3.8) is 0 Å². The van der Waals surface area contributed by atoms with E-state index in [1.807, 2.05) is 0 Å². The van der Waals surface area contributed by atoms with E-state index in [-0.39, 0.29) is 5.54 Å². The molecule has 1 spiro atoms. The van der Waals surface area contributed by atoms with E-state index in [0.717, 1.165) is 19.6 Å². The number of hydrogen-bond donors (Lipinski definition) is 1. The van der Waals surface area contributed by atoms with Crippen LogP contribution in [0.1, 0.15) is 38.2 Å². The molecule has 1 aliphatic heterocycles. The molecule has 1 unspecified atom stereocenters. The van der Waals surface area contributed by atoms with Crippen molar-refractivity contribution < 1.29 is 0 Å². The van der Waals surface area contributed by atoms with Crippen molar-refractivity contribution in [3.8, 4) is 0 Å². The summed E-state index contributed by atoms with van der Waals surface area (Å²) in [6, 6.07) is 10.9. The second-order valence-electron chi connectivity index (χ2n) is 6.65. The highest BCUT2D eigenvalue weighted by atomic mass is 15.3. The molecule has 2 aliphatic rings. The van der Waals surface area contributed by atoms with E-state index >= 15 is 0 Å². The van der Waals surface area contributed by atoms with Crippen LogP contribution in [0.15, 0.2) is 43.0 Å². The number of piperazine rings is 1. The molecule has 1 saturated carbocycles. The number of nitrogens with zero attached hydrogens (tertiary/aromatic N) is 1. The third-order valence-electron chi connectivity index (χ3n) is 5.30. The first-order valence-corrected chi connectivity index (χ1v) is 7.85. The van der Waals surface area contributed by atoms with Gasteiger partial charge in [-0.15, -0.1) is 6.58 Å². The second kappa shape index (κ2) is 5.34. The highest BCUT2D eigenvalue weighted by Crippen LogP contribution is 2.39. The third kappa shape index (κ3) is 2.32. The van der Waals surface area contributed by atoms with Gasteiger partial charge in [0.25, 0.3) is 0 Å². The number of benzene rings is 1. The quantitative estimate of drug-likeness (QED) is 0.848. The van der Waals surface area contributed by atoms with Crippen LogP contribution in [0.25, 0.3) is 0 Å². The normalized spacial score (nSPS) is 29.6. The van der Waals surface area contributed by atoms with E-state index in [2.05, 4.69) is 60.1 Å².